The molecule has 130 valence electrons. The van der Waals surface area contributed by atoms with Crippen LogP contribution in [0, 0.1) is 0 Å². The van der Waals surface area contributed by atoms with Crippen molar-refractivity contribution in [3.8, 4) is 0 Å². The molecular formula is C14H29NO6Si. The van der Waals surface area contributed by atoms with E-state index in [4.69, 9.17) is 23.1 Å². The first kappa shape index (κ1) is 19.4. The zero-order valence-corrected chi connectivity index (χ0v) is 14.9. The van der Waals surface area contributed by atoms with Gasteiger partial charge in [-0.05, 0) is 33.6 Å². The molecule has 1 aliphatic rings. The number of amides is 1. The lowest BCUT2D eigenvalue weighted by molar-refractivity contribution is 0.0704. The maximum absolute atomic E-state index is 11.2. The molecule has 0 aromatic heterocycles. The van der Waals surface area contributed by atoms with Crippen molar-refractivity contribution in [2.24, 2.45) is 0 Å². The van der Waals surface area contributed by atoms with Crippen LogP contribution in [0.15, 0.2) is 0 Å². The van der Waals surface area contributed by atoms with Crippen LogP contribution in [0.2, 0.25) is 6.04 Å². The van der Waals surface area contributed by atoms with Gasteiger partial charge in [0.1, 0.15) is 0 Å². The van der Waals surface area contributed by atoms with Gasteiger partial charge >= 0.3 is 14.9 Å². The third-order valence-electron chi connectivity index (χ3n) is 3.35. The van der Waals surface area contributed by atoms with Crippen LogP contribution in [0.5, 0.6) is 0 Å². The molecule has 1 rings (SSSR count). The molecule has 7 nitrogen and oxygen atoms in total. The minimum atomic E-state index is -2.61. The van der Waals surface area contributed by atoms with E-state index in [1.54, 1.807) is 0 Å². The van der Waals surface area contributed by atoms with Gasteiger partial charge in [0, 0.05) is 32.4 Å². The summed E-state index contributed by atoms with van der Waals surface area (Å²) in [6.45, 7) is 9.11. The van der Waals surface area contributed by atoms with Crippen LogP contribution in [0.4, 0.5) is 4.79 Å². The van der Waals surface area contributed by atoms with Gasteiger partial charge in [0.25, 0.3) is 0 Å². The molecule has 22 heavy (non-hydrogen) atoms. The van der Waals surface area contributed by atoms with Crippen LogP contribution in [0.3, 0.4) is 0 Å². The van der Waals surface area contributed by atoms with E-state index in [0.717, 1.165) is 18.9 Å². The summed E-state index contributed by atoms with van der Waals surface area (Å²) in [5.74, 6) is 0. The van der Waals surface area contributed by atoms with Crippen molar-refractivity contribution in [1.82, 2.24) is 4.90 Å². The Bertz CT molecular complexity index is 309. The van der Waals surface area contributed by atoms with E-state index in [9.17, 15) is 4.79 Å². The monoisotopic (exact) mass is 335 g/mol. The first-order valence-electron chi connectivity index (χ1n) is 8.08. The van der Waals surface area contributed by atoms with Crippen molar-refractivity contribution in [3.63, 3.8) is 0 Å². The standard InChI is InChI=1S/C14H29NO6Si/c1-4-19-22(20-5-2,21-6-3)10-8-7-9-15(14(16)17)11-13-12-18-13/h13H,4-12H2,1-3H3,(H,16,17). The third kappa shape index (κ3) is 7.06. The molecule has 1 N–H and O–H groups in total. The number of epoxide rings is 1. The summed E-state index contributed by atoms with van der Waals surface area (Å²) >= 11 is 0. The first-order valence-corrected chi connectivity index (χ1v) is 10.0. The molecule has 0 aliphatic carbocycles. The fraction of sp³-hybridized carbons (Fsp3) is 0.929. The van der Waals surface area contributed by atoms with Gasteiger partial charge < -0.3 is 28.0 Å². The van der Waals surface area contributed by atoms with Crippen molar-refractivity contribution in [2.45, 2.75) is 45.8 Å². The molecule has 0 radical (unpaired) electrons. The lowest BCUT2D eigenvalue weighted by Crippen LogP contribution is -2.46. The molecule has 1 amide bonds. The molecule has 0 aromatic carbocycles. The Kier molecular flexibility index (Phi) is 8.95. The Balaban J connectivity index is 2.37. The van der Waals surface area contributed by atoms with Crippen LogP contribution in [0.25, 0.3) is 0 Å². The molecule has 1 saturated heterocycles. The van der Waals surface area contributed by atoms with Gasteiger partial charge in [-0.15, -0.1) is 0 Å². The molecule has 0 saturated carbocycles. The summed E-state index contributed by atoms with van der Waals surface area (Å²) in [5.41, 5.74) is 0. The van der Waals surface area contributed by atoms with E-state index in [-0.39, 0.29) is 6.10 Å². The number of nitrogens with zero attached hydrogens (tertiary/aromatic N) is 1. The zero-order valence-electron chi connectivity index (χ0n) is 13.9. The van der Waals surface area contributed by atoms with E-state index >= 15 is 0 Å². The number of hydrogen-bond acceptors (Lipinski definition) is 5. The molecule has 1 aliphatic heterocycles. The molecule has 1 atom stereocenters. The van der Waals surface area contributed by atoms with E-state index in [1.165, 1.54) is 4.90 Å². The van der Waals surface area contributed by atoms with Crippen molar-refractivity contribution >= 4 is 14.9 Å². The molecule has 1 heterocycles. The number of hydrogen-bond donors (Lipinski definition) is 1. The second-order valence-corrected chi connectivity index (χ2v) is 7.86. The normalized spacial score (nSPS) is 17.5. The Hall–Kier alpha value is -0.673. The van der Waals surface area contributed by atoms with Gasteiger partial charge in [0.05, 0.1) is 19.3 Å². The summed E-state index contributed by atoms with van der Waals surface area (Å²) in [6.07, 6.45) is 0.779. The maximum Gasteiger partial charge on any atom is 0.500 e. The highest BCUT2D eigenvalue weighted by Gasteiger charge is 2.39. The predicted molar refractivity (Wildman–Crippen MR) is 84.0 cm³/mol. The highest BCUT2D eigenvalue weighted by atomic mass is 28.4. The van der Waals surface area contributed by atoms with Crippen molar-refractivity contribution in [1.29, 1.82) is 0 Å². The number of rotatable bonds is 13. The lowest BCUT2D eigenvalue weighted by atomic mass is 10.3. The number of unbranched alkanes of at least 4 members (excludes halogenated alkanes) is 1. The van der Waals surface area contributed by atoms with Gasteiger partial charge in [-0.1, -0.05) is 0 Å². The van der Waals surface area contributed by atoms with Crippen LogP contribution in [0.1, 0.15) is 33.6 Å². The van der Waals surface area contributed by atoms with Crippen molar-refractivity contribution in [3.05, 3.63) is 0 Å². The van der Waals surface area contributed by atoms with Crippen LogP contribution in [-0.2, 0) is 18.0 Å². The highest BCUT2D eigenvalue weighted by molar-refractivity contribution is 6.60. The van der Waals surface area contributed by atoms with E-state index in [2.05, 4.69) is 0 Å². The van der Waals surface area contributed by atoms with Crippen molar-refractivity contribution < 1.29 is 27.9 Å². The number of carboxylic acid groups (broad SMARTS) is 1. The fourth-order valence-electron chi connectivity index (χ4n) is 2.33. The Morgan fingerprint density at radius 2 is 1.73 bits per heavy atom. The minimum absolute atomic E-state index is 0.0832. The molecular weight excluding hydrogens is 306 g/mol. The summed E-state index contributed by atoms with van der Waals surface area (Å²) in [6, 6.07) is 0.718. The van der Waals surface area contributed by atoms with Crippen LogP contribution in [-0.4, -0.2) is 70.5 Å². The lowest BCUT2D eigenvalue weighted by Gasteiger charge is -2.28. The van der Waals surface area contributed by atoms with Gasteiger partial charge in [0.2, 0.25) is 0 Å². The Morgan fingerprint density at radius 3 is 2.14 bits per heavy atom. The van der Waals surface area contributed by atoms with Crippen LogP contribution >= 0.6 is 0 Å². The topological polar surface area (TPSA) is 80.8 Å². The van der Waals surface area contributed by atoms with E-state index in [0.29, 0.717) is 39.5 Å². The third-order valence-corrected chi connectivity index (χ3v) is 6.50. The van der Waals surface area contributed by atoms with Gasteiger partial charge in [0.15, 0.2) is 0 Å². The zero-order chi connectivity index (χ0) is 16.4. The van der Waals surface area contributed by atoms with Crippen LogP contribution < -0.4 is 0 Å². The summed E-state index contributed by atoms with van der Waals surface area (Å²) in [4.78, 5) is 12.6. The molecule has 0 spiro atoms. The number of ether oxygens (including phenoxy) is 1. The smallest absolute Gasteiger partial charge is 0.465 e. The average molecular weight is 335 g/mol. The largest absolute Gasteiger partial charge is 0.500 e. The van der Waals surface area contributed by atoms with Gasteiger partial charge in [-0.3, -0.25) is 0 Å². The predicted octanol–water partition coefficient (Wildman–Crippen LogP) is 2.19. The second-order valence-electron chi connectivity index (χ2n) is 5.12. The maximum atomic E-state index is 11.2. The highest BCUT2D eigenvalue weighted by Crippen LogP contribution is 2.20. The Labute approximate surface area is 133 Å². The summed E-state index contributed by atoms with van der Waals surface area (Å²) in [7, 11) is -2.61. The molecule has 8 heteroatoms. The van der Waals surface area contributed by atoms with Gasteiger partial charge in [-0.2, -0.15) is 0 Å². The minimum Gasteiger partial charge on any atom is -0.465 e. The second kappa shape index (κ2) is 10.2. The fourth-order valence-corrected chi connectivity index (χ4v) is 5.02. The average Bonchev–Trinajstić information content (AvgIpc) is 3.27. The summed E-state index contributed by atoms with van der Waals surface area (Å²) in [5, 5.41) is 9.17. The first-order chi connectivity index (χ1) is 10.6. The van der Waals surface area contributed by atoms with Crippen molar-refractivity contribution in [2.75, 3.05) is 39.5 Å². The summed E-state index contributed by atoms with van der Waals surface area (Å²) < 4.78 is 22.4. The molecule has 1 unspecified atom stereocenters. The Morgan fingerprint density at radius 1 is 1.18 bits per heavy atom. The molecule has 1 fully saturated rings. The van der Waals surface area contributed by atoms with E-state index < -0.39 is 14.9 Å². The number of carbonyl (C=O) groups is 1. The quantitative estimate of drug-likeness (QED) is 0.316. The SMILES string of the molecule is CCO[Si](CCCCN(CC1CO1)C(=O)O)(OCC)OCC. The molecule has 0 bridgehead atoms. The molecule has 0 aromatic rings. The van der Waals surface area contributed by atoms with E-state index in [1.807, 2.05) is 20.8 Å². The van der Waals surface area contributed by atoms with Gasteiger partial charge in [-0.25, -0.2) is 4.79 Å².